The number of terminal acetylenes is 1. The molecule has 0 saturated carbocycles. The molecule has 0 aliphatic rings. The average molecular weight is 321 g/mol. The summed E-state index contributed by atoms with van der Waals surface area (Å²) in [6.45, 7) is -0.476. The Morgan fingerprint density at radius 1 is 1.19 bits per heavy atom. The van der Waals surface area contributed by atoms with Crippen molar-refractivity contribution >= 4 is 29.2 Å². The van der Waals surface area contributed by atoms with Crippen LogP contribution in [-0.2, 0) is 4.79 Å². The molecule has 0 saturated heterocycles. The van der Waals surface area contributed by atoms with Crippen molar-refractivity contribution in [3.05, 3.63) is 52.0 Å². The fourth-order valence-electron chi connectivity index (χ4n) is 1.86. The minimum Gasteiger partial charge on any atom is -0.481 e. The third kappa shape index (κ3) is 3.49. The monoisotopic (exact) mass is 320 g/mol. The van der Waals surface area contributed by atoms with Crippen LogP contribution in [0.1, 0.15) is 5.56 Å². The maximum Gasteiger partial charge on any atom is 0.341 e. The molecule has 0 atom stereocenters. The van der Waals surface area contributed by atoms with Gasteiger partial charge in [-0.1, -0.05) is 41.3 Å². The van der Waals surface area contributed by atoms with E-state index < -0.39 is 12.6 Å². The third-order valence-corrected chi connectivity index (χ3v) is 3.31. The fraction of sp³-hybridized carbons (Fsp3) is 0.0625. The molecular formula is C16H10Cl2O3. The zero-order valence-electron chi connectivity index (χ0n) is 10.8. The Balaban J connectivity index is 2.54. The van der Waals surface area contributed by atoms with Gasteiger partial charge in [-0.25, -0.2) is 4.79 Å². The minimum absolute atomic E-state index is 0.300. The molecule has 5 heteroatoms. The molecule has 2 aromatic carbocycles. The van der Waals surface area contributed by atoms with E-state index in [-0.39, 0.29) is 0 Å². The Bertz CT molecular complexity index is 716. The highest BCUT2D eigenvalue weighted by molar-refractivity contribution is 6.34. The summed E-state index contributed by atoms with van der Waals surface area (Å²) in [7, 11) is 0. The summed E-state index contributed by atoms with van der Waals surface area (Å²) in [5, 5.41) is 9.74. The molecule has 0 aromatic heterocycles. The van der Waals surface area contributed by atoms with Crippen LogP contribution in [0, 0.1) is 12.3 Å². The molecule has 0 spiro atoms. The Hall–Kier alpha value is -2.15. The van der Waals surface area contributed by atoms with Gasteiger partial charge in [-0.2, -0.15) is 0 Å². The van der Waals surface area contributed by atoms with E-state index >= 15 is 0 Å². The number of ether oxygens (including phenoxy) is 1. The molecule has 0 aliphatic carbocycles. The largest absolute Gasteiger partial charge is 0.481 e. The number of benzene rings is 2. The van der Waals surface area contributed by atoms with Gasteiger partial charge in [0.2, 0.25) is 0 Å². The van der Waals surface area contributed by atoms with E-state index in [0.717, 1.165) is 5.56 Å². The number of hydrogen-bond donors (Lipinski definition) is 1. The Morgan fingerprint density at radius 2 is 1.86 bits per heavy atom. The molecule has 106 valence electrons. The Kier molecular flexibility index (Phi) is 4.74. The molecule has 3 nitrogen and oxygen atoms in total. The summed E-state index contributed by atoms with van der Waals surface area (Å²) in [5.41, 5.74) is 1.79. The van der Waals surface area contributed by atoms with Crippen molar-refractivity contribution in [3.8, 4) is 29.2 Å². The van der Waals surface area contributed by atoms with E-state index in [1.807, 2.05) is 0 Å². The standard InChI is InChI=1S/C16H10Cl2O3/c1-2-12-14(21-9-15(19)20)8-7-13(18)16(12)10-3-5-11(17)6-4-10/h1,3-8H,9H2,(H,19,20). The van der Waals surface area contributed by atoms with Gasteiger partial charge >= 0.3 is 5.97 Å². The SMILES string of the molecule is C#Cc1c(OCC(=O)O)ccc(Cl)c1-c1ccc(Cl)cc1. The van der Waals surface area contributed by atoms with Crippen LogP contribution in [0.4, 0.5) is 0 Å². The van der Waals surface area contributed by atoms with Crippen LogP contribution in [-0.4, -0.2) is 17.7 Å². The zero-order valence-corrected chi connectivity index (χ0v) is 12.3. The van der Waals surface area contributed by atoms with Crippen LogP contribution >= 0.6 is 23.2 Å². The molecule has 0 radical (unpaired) electrons. The quantitative estimate of drug-likeness (QED) is 0.862. The van der Waals surface area contributed by atoms with Crippen LogP contribution in [0.5, 0.6) is 5.75 Å². The van der Waals surface area contributed by atoms with Crippen LogP contribution in [0.2, 0.25) is 10.0 Å². The van der Waals surface area contributed by atoms with Gasteiger partial charge in [0.1, 0.15) is 5.75 Å². The number of rotatable bonds is 4. The Morgan fingerprint density at radius 3 is 2.43 bits per heavy atom. The lowest BCUT2D eigenvalue weighted by molar-refractivity contribution is -0.139. The maximum absolute atomic E-state index is 10.6. The average Bonchev–Trinajstić information content (AvgIpc) is 2.46. The normalized spacial score (nSPS) is 9.95. The highest BCUT2D eigenvalue weighted by atomic mass is 35.5. The second-order valence-corrected chi connectivity index (χ2v) is 4.97. The Labute approximate surface area is 132 Å². The highest BCUT2D eigenvalue weighted by Gasteiger charge is 2.14. The predicted octanol–water partition coefficient (Wildman–Crippen LogP) is 4.11. The first-order valence-electron chi connectivity index (χ1n) is 5.92. The predicted molar refractivity (Wildman–Crippen MR) is 83.0 cm³/mol. The summed E-state index contributed by atoms with van der Waals surface area (Å²) < 4.78 is 5.20. The molecule has 1 N–H and O–H groups in total. The molecule has 0 amide bonds. The number of hydrogen-bond acceptors (Lipinski definition) is 2. The molecule has 2 rings (SSSR count). The first-order chi connectivity index (χ1) is 10.0. The maximum atomic E-state index is 10.6. The van der Waals surface area contributed by atoms with Gasteiger partial charge in [-0.15, -0.1) is 6.42 Å². The summed E-state index contributed by atoms with van der Waals surface area (Å²) in [4.78, 5) is 10.6. The first-order valence-corrected chi connectivity index (χ1v) is 6.68. The molecule has 2 aromatic rings. The van der Waals surface area contributed by atoms with Crippen molar-refractivity contribution in [3.63, 3.8) is 0 Å². The number of aliphatic carboxylic acids is 1. The van der Waals surface area contributed by atoms with Gasteiger partial charge < -0.3 is 9.84 Å². The van der Waals surface area contributed by atoms with Crippen molar-refractivity contribution in [1.29, 1.82) is 0 Å². The van der Waals surface area contributed by atoms with Crippen molar-refractivity contribution in [2.24, 2.45) is 0 Å². The lowest BCUT2D eigenvalue weighted by Gasteiger charge is -2.13. The lowest BCUT2D eigenvalue weighted by Crippen LogP contribution is -2.10. The van der Waals surface area contributed by atoms with E-state index in [1.165, 1.54) is 0 Å². The molecule has 21 heavy (non-hydrogen) atoms. The topological polar surface area (TPSA) is 46.5 Å². The molecule has 0 heterocycles. The molecule has 0 aliphatic heterocycles. The number of carboxylic acids is 1. The minimum atomic E-state index is -1.08. The summed E-state index contributed by atoms with van der Waals surface area (Å²) in [6, 6.07) is 10.2. The number of halogens is 2. The van der Waals surface area contributed by atoms with Crippen LogP contribution in [0.15, 0.2) is 36.4 Å². The molecular weight excluding hydrogens is 311 g/mol. The van der Waals surface area contributed by atoms with E-state index in [9.17, 15) is 4.79 Å². The third-order valence-electron chi connectivity index (χ3n) is 2.74. The highest BCUT2D eigenvalue weighted by Crippen LogP contribution is 2.36. The van der Waals surface area contributed by atoms with Crippen LogP contribution < -0.4 is 4.74 Å². The smallest absolute Gasteiger partial charge is 0.341 e. The van der Waals surface area contributed by atoms with Gasteiger partial charge in [-0.05, 0) is 29.8 Å². The van der Waals surface area contributed by atoms with Gasteiger partial charge in [0.05, 0.1) is 5.56 Å². The van der Waals surface area contributed by atoms with Gasteiger partial charge in [0.25, 0.3) is 0 Å². The molecule has 0 unspecified atom stereocenters. The van der Waals surface area contributed by atoms with E-state index in [4.69, 9.17) is 39.5 Å². The summed E-state index contributed by atoms with van der Waals surface area (Å²) in [5.74, 6) is 1.72. The second-order valence-electron chi connectivity index (χ2n) is 4.13. The van der Waals surface area contributed by atoms with Crippen LogP contribution in [0.3, 0.4) is 0 Å². The van der Waals surface area contributed by atoms with Crippen molar-refractivity contribution in [1.82, 2.24) is 0 Å². The second kappa shape index (κ2) is 6.53. The number of carboxylic acid groups (broad SMARTS) is 1. The van der Waals surface area contributed by atoms with Gasteiger partial charge in [0, 0.05) is 15.6 Å². The van der Waals surface area contributed by atoms with E-state index in [0.29, 0.717) is 26.9 Å². The van der Waals surface area contributed by atoms with Gasteiger partial charge in [-0.3, -0.25) is 0 Å². The summed E-state index contributed by atoms with van der Waals surface area (Å²) in [6.07, 6.45) is 5.53. The van der Waals surface area contributed by atoms with Crippen LogP contribution in [0.25, 0.3) is 11.1 Å². The van der Waals surface area contributed by atoms with Crippen molar-refractivity contribution < 1.29 is 14.6 Å². The first kappa shape index (κ1) is 15.2. The summed E-state index contributed by atoms with van der Waals surface area (Å²) >= 11 is 12.1. The zero-order chi connectivity index (χ0) is 15.4. The van der Waals surface area contributed by atoms with Gasteiger partial charge in [0.15, 0.2) is 6.61 Å². The van der Waals surface area contributed by atoms with Crippen molar-refractivity contribution in [2.75, 3.05) is 6.61 Å². The lowest BCUT2D eigenvalue weighted by atomic mass is 9.99. The van der Waals surface area contributed by atoms with E-state index in [2.05, 4.69) is 5.92 Å². The van der Waals surface area contributed by atoms with E-state index in [1.54, 1.807) is 36.4 Å². The molecule has 0 bridgehead atoms. The number of carbonyl (C=O) groups is 1. The fourth-order valence-corrected chi connectivity index (χ4v) is 2.25. The molecule has 0 fully saturated rings. The van der Waals surface area contributed by atoms with Crippen molar-refractivity contribution in [2.45, 2.75) is 0 Å².